The van der Waals surface area contributed by atoms with Gasteiger partial charge in [0.15, 0.2) is 0 Å². The molecule has 0 bridgehead atoms. The van der Waals surface area contributed by atoms with Crippen LogP contribution in [0.15, 0.2) is 48.5 Å². The van der Waals surface area contributed by atoms with Crippen molar-refractivity contribution in [1.82, 2.24) is 15.3 Å². The Kier molecular flexibility index (Phi) is 2.86. The molecule has 0 saturated carbocycles. The van der Waals surface area contributed by atoms with Crippen molar-refractivity contribution < 1.29 is 24.4 Å². The third kappa shape index (κ3) is 1.69. The van der Waals surface area contributed by atoms with Gasteiger partial charge < -0.3 is 0 Å². The quantitative estimate of drug-likeness (QED) is 0.656. The van der Waals surface area contributed by atoms with Crippen molar-refractivity contribution >= 4 is 23.6 Å². The van der Waals surface area contributed by atoms with Crippen LogP contribution in [-0.4, -0.2) is 44.1 Å². The van der Waals surface area contributed by atoms with Crippen LogP contribution < -0.4 is 0 Å². The first-order valence-corrected chi connectivity index (χ1v) is 6.97. The molecule has 0 spiro atoms. The van der Waals surface area contributed by atoms with Gasteiger partial charge in [0.05, 0.1) is 22.3 Å². The fraction of sp³-hybridized carbons (Fsp3) is 0. The zero-order valence-corrected chi connectivity index (χ0v) is 12.0. The maximum atomic E-state index is 12.3. The lowest BCUT2D eigenvalue weighted by Gasteiger charge is -2.28. The Morgan fingerprint density at radius 3 is 1.08 bits per heavy atom. The van der Waals surface area contributed by atoms with E-state index in [0.29, 0.717) is 10.0 Å². The highest BCUT2D eigenvalue weighted by Crippen LogP contribution is 2.28. The van der Waals surface area contributed by atoms with Gasteiger partial charge in [0, 0.05) is 5.28 Å². The summed E-state index contributed by atoms with van der Waals surface area (Å²) in [4.78, 5) is 49.4. The van der Waals surface area contributed by atoms with Crippen LogP contribution in [0.4, 0.5) is 0 Å². The lowest BCUT2D eigenvalue weighted by molar-refractivity contribution is -0.284. The average molecular weight is 323 g/mol. The Hall–Kier alpha value is -3.36. The van der Waals surface area contributed by atoms with Gasteiger partial charge in [-0.25, -0.2) is 0 Å². The summed E-state index contributed by atoms with van der Waals surface area (Å²) in [6.45, 7) is 0. The molecule has 2 heterocycles. The monoisotopic (exact) mass is 323 g/mol. The molecule has 0 radical (unpaired) electrons. The minimum atomic E-state index is -0.824. The van der Waals surface area contributed by atoms with Gasteiger partial charge in [-0.15, -0.1) is 0 Å². The highest BCUT2D eigenvalue weighted by atomic mass is 16.6. The molecule has 8 nitrogen and oxygen atoms in total. The zero-order chi connectivity index (χ0) is 17.0. The maximum absolute atomic E-state index is 12.3. The van der Waals surface area contributed by atoms with Gasteiger partial charge in [-0.2, -0.15) is 10.0 Å². The predicted octanol–water partition coefficient (Wildman–Crippen LogP) is 1.10. The molecule has 0 atom stereocenters. The van der Waals surface area contributed by atoms with Crippen molar-refractivity contribution in [2.75, 3.05) is 0 Å². The Morgan fingerprint density at radius 1 is 0.583 bits per heavy atom. The van der Waals surface area contributed by atoms with Crippen LogP contribution in [0.3, 0.4) is 0 Å². The Bertz CT molecular complexity index is 793. The molecule has 0 unspecified atom stereocenters. The molecule has 2 aliphatic heterocycles. The van der Waals surface area contributed by atoms with Crippen molar-refractivity contribution in [1.29, 1.82) is 0 Å². The van der Waals surface area contributed by atoms with Gasteiger partial charge in [0.1, 0.15) is 0 Å². The van der Waals surface area contributed by atoms with E-state index >= 15 is 0 Å². The first-order chi connectivity index (χ1) is 11.5. The van der Waals surface area contributed by atoms with Crippen LogP contribution in [0.5, 0.6) is 0 Å². The van der Waals surface area contributed by atoms with Gasteiger partial charge in [-0.05, 0) is 24.3 Å². The van der Waals surface area contributed by atoms with Crippen molar-refractivity contribution in [3.05, 3.63) is 70.8 Å². The number of benzene rings is 2. The summed E-state index contributed by atoms with van der Waals surface area (Å²) >= 11 is 0. The number of hydrazine groups is 2. The molecule has 0 fully saturated rings. The Balaban J connectivity index is 1.73. The largest absolute Gasteiger partial charge is 0.279 e. The van der Waals surface area contributed by atoms with Crippen molar-refractivity contribution in [2.45, 2.75) is 0 Å². The molecule has 4 amide bonds. The molecule has 2 aliphatic rings. The fourth-order valence-electron chi connectivity index (χ4n) is 2.77. The Labute approximate surface area is 135 Å². The number of imide groups is 2. The minimum Gasteiger partial charge on any atom is -0.275 e. The van der Waals surface area contributed by atoms with Gasteiger partial charge in [-0.1, -0.05) is 24.3 Å². The highest BCUT2D eigenvalue weighted by Gasteiger charge is 2.47. The zero-order valence-electron chi connectivity index (χ0n) is 12.0. The highest BCUT2D eigenvalue weighted by molar-refractivity contribution is 6.23. The molecule has 0 aromatic heterocycles. The van der Waals surface area contributed by atoms with Crippen molar-refractivity contribution in [3.8, 4) is 0 Å². The molecular weight excluding hydrogens is 314 g/mol. The van der Waals surface area contributed by atoms with E-state index in [1.165, 1.54) is 24.3 Å². The minimum absolute atomic E-state index is 0.0185. The van der Waals surface area contributed by atoms with Crippen LogP contribution in [0.1, 0.15) is 41.4 Å². The second-order valence-electron chi connectivity index (χ2n) is 5.20. The molecule has 0 aliphatic carbocycles. The maximum Gasteiger partial charge on any atom is 0.279 e. The Morgan fingerprint density at radius 2 is 0.833 bits per heavy atom. The summed E-state index contributed by atoms with van der Waals surface area (Å²) in [5, 5.41) is 11.0. The molecule has 4 rings (SSSR count). The summed E-state index contributed by atoms with van der Waals surface area (Å²) < 4.78 is 0. The third-order valence-corrected chi connectivity index (χ3v) is 3.90. The van der Waals surface area contributed by atoms with E-state index in [4.69, 9.17) is 0 Å². The molecular formula is C16H9N3O5. The average Bonchev–Trinajstić information content (AvgIpc) is 3.00. The van der Waals surface area contributed by atoms with E-state index in [-0.39, 0.29) is 27.5 Å². The number of nitrogens with zero attached hydrogens (tertiary/aromatic N) is 3. The van der Waals surface area contributed by atoms with Crippen LogP contribution in [0.2, 0.25) is 0 Å². The first kappa shape index (κ1) is 14.2. The number of hydrogen-bond donors (Lipinski definition) is 1. The van der Waals surface area contributed by atoms with Gasteiger partial charge in [0.2, 0.25) is 0 Å². The van der Waals surface area contributed by atoms with E-state index < -0.39 is 23.6 Å². The normalized spacial score (nSPS) is 16.2. The molecule has 2 aromatic rings. The number of carbonyl (C=O) groups is 4. The standard InChI is InChI=1S/C16H9N3O5/c20-13-9-5-1-2-6-10(9)14(21)17(13)19(24)18-15(22)11-7-3-4-8-12(11)16(18)23/h1-8,24H. The summed E-state index contributed by atoms with van der Waals surface area (Å²) in [7, 11) is 0. The number of fused-ring (bicyclic) bond motifs is 2. The second-order valence-corrected chi connectivity index (χ2v) is 5.20. The smallest absolute Gasteiger partial charge is 0.275 e. The van der Waals surface area contributed by atoms with E-state index in [9.17, 15) is 24.4 Å². The van der Waals surface area contributed by atoms with Crippen LogP contribution in [-0.2, 0) is 0 Å². The van der Waals surface area contributed by atoms with Crippen molar-refractivity contribution in [3.63, 3.8) is 0 Å². The topological polar surface area (TPSA) is 98.2 Å². The number of amides is 4. The number of hydrogen-bond acceptors (Lipinski definition) is 6. The lowest BCUT2D eigenvalue weighted by atomic mass is 10.1. The molecule has 0 saturated heterocycles. The van der Waals surface area contributed by atoms with Gasteiger partial charge in [0.25, 0.3) is 23.6 Å². The molecule has 8 heteroatoms. The summed E-state index contributed by atoms with van der Waals surface area (Å²) in [5.41, 5.74) is 0.327. The summed E-state index contributed by atoms with van der Waals surface area (Å²) in [6.07, 6.45) is 0. The number of rotatable bonds is 2. The fourth-order valence-corrected chi connectivity index (χ4v) is 2.77. The van der Waals surface area contributed by atoms with E-state index in [1.807, 2.05) is 0 Å². The van der Waals surface area contributed by atoms with Crippen LogP contribution >= 0.6 is 0 Å². The third-order valence-electron chi connectivity index (χ3n) is 3.90. The van der Waals surface area contributed by atoms with Crippen LogP contribution in [0.25, 0.3) is 0 Å². The lowest BCUT2D eigenvalue weighted by Crippen LogP contribution is -2.55. The van der Waals surface area contributed by atoms with E-state index in [2.05, 4.69) is 0 Å². The van der Waals surface area contributed by atoms with Crippen molar-refractivity contribution in [2.24, 2.45) is 0 Å². The molecule has 24 heavy (non-hydrogen) atoms. The molecule has 118 valence electrons. The van der Waals surface area contributed by atoms with Crippen LogP contribution in [0, 0.1) is 0 Å². The summed E-state index contributed by atoms with van der Waals surface area (Å²) in [6, 6.07) is 12.0. The summed E-state index contributed by atoms with van der Waals surface area (Å²) in [5.74, 6) is -3.30. The van der Waals surface area contributed by atoms with Gasteiger partial charge >= 0.3 is 0 Å². The predicted molar refractivity (Wildman–Crippen MR) is 77.5 cm³/mol. The van der Waals surface area contributed by atoms with E-state index in [1.54, 1.807) is 24.3 Å². The second kappa shape index (κ2) is 4.82. The molecule has 2 aromatic carbocycles. The van der Waals surface area contributed by atoms with E-state index in [0.717, 1.165) is 0 Å². The first-order valence-electron chi connectivity index (χ1n) is 6.97. The SMILES string of the molecule is O=C1c2ccccc2C(=O)N1N(O)N1C(=O)c2ccccc2C1=O. The molecule has 1 N–H and O–H groups in total. The van der Waals surface area contributed by atoms with Gasteiger partial charge in [-0.3, -0.25) is 24.4 Å². The number of carbonyl (C=O) groups excluding carboxylic acids is 4.